The number of nitrogens with one attached hydrogen (secondary N) is 1. The summed E-state index contributed by atoms with van der Waals surface area (Å²) in [5, 5.41) is 3.26. The molecule has 0 aromatic heterocycles. The van der Waals surface area contributed by atoms with Gasteiger partial charge in [0.15, 0.2) is 5.96 Å². The van der Waals surface area contributed by atoms with Crippen LogP contribution in [0.2, 0.25) is 0 Å². The van der Waals surface area contributed by atoms with Crippen LogP contribution in [0.5, 0.6) is 0 Å². The van der Waals surface area contributed by atoms with Gasteiger partial charge in [-0.3, -0.25) is 9.79 Å². The summed E-state index contributed by atoms with van der Waals surface area (Å²) in [6.45, 7) is 6.48. The van der Waals surface area contributed by atoms with Gasteiger partial charge in [0.05, 0.1) is 0 Å². The number of nitrogens with zero attached hydrogens (tertiary/aromatic N) is 3. The third-order valence-corrected chi connectivity index (χ3v) is 5.02. The number of guanidine groups is 1. The van der Waals surface area contributed by atoms with Crippen molar-refractivity contribution in [3.8, 4) is 0 Å². The maximum atomic E-state index is 13.3. The lowest BCUT2D eigenvalue weighted by molar-refractivity contribution is -0.142. The van der Waals surface area contributed by atoms with Gasteiger partial charge in [-0.25, -0.2) is 8.78 Å². The van der Waals surface area contributed by atoms with Crippen molar-refractivity contribution in [3.05, 3.63) is 35.4 Å². The number of carbonyl (C=O) groups is 1. The summed E-state index contributed by atoms with van der Waals surface area (Å²) >= 11 is 0. The Kier molecular flexibility index (Phi) is 9.54. The second-order valence-corrected chi connectivity index (χ2v) is 7.08. The molecule has 9 heteroatoms. The highest BCUT2D eigenvalue weighted by atomic mass is 127. The van der Waals surface area contributed by atoms with Crippen molar-refractivity contribution >= 4 is 35.8 Å². The molecular weight excluding hydrogens is 493 g/mol. The van der Waals surface area contributed by atoms with E-state index in [0.717, 1.165) is 31.4 Å². The minimum atomic E-state index is -0.571. The van der Waals surface area contributed by atoms with E-state index in [2.05, 4.69) is 15.2 Å². The van der Waals surface area contributed by atoms with Crippen LogP contribution in [0.4, 0.5) is 8.78 Å². The van der Waals surface area contributed by atoms with Crippen LogP contribution in [0.3, 0.4) is 0 Å². The number of piperazine rings is 1. The van der Waals surface area contributed by atoms with E-state index in [1.165, 1.54) is 12.1 Å². The van der Waals surface area contributed by atoms with Crippen molar-refractivity contribution in [2.75, 3.05) is 45.9 Å². The Morgan fingerprint density at radius 3 is 2.41 bits per heavy atom. The summed E-state index contributed by atoms with van der Waals surface area (Å²) in [6.07, 6.45) is 1.94. The molecule has 162 valence electrons. The van der Waals surface area contributed by atoms with E-state index in [0.29, 0.717) is 51.3 Å². The number of hydrogen-bond acceptors (Lipinski definition) is 3. The molecule has 1 aromatic rings. The van der Waals surface area contributed by atoms with E-state index in [1.54, 1.807) is 0 Å². The quantitative estimate of drug-likeness (QED) is 0.367. The normalized spacial score (nSPS) is 19.8. The fourth-order valence-corrected chi connectivity index (χ4v) is 3.59. The molecule has 2 aliphatic heterocycles. The number of amides is 1. The van der Waals surface area contributed by atoms with Crippen LogP contribution in [-0.2, 0) is 16.0 Å². The largest absolute Gasteiger partial charge is 0.368 e. The zero-order chi connectivity index (χ0) is 19.9. The SMILES string of the molecule is CCNC(=NCCc1cc(F)cc(F)c1)N1CCN(C(=O)C2CCCO2)CC1.I. The second-order valence-electron chi connectivity index (χ2n) is 7.08. The molecule has 0 saturated carbocycles. The Morgan fingerprint density at radius 2 is 1.83 bits per heavy atom. The van der Waals surface area contributed by atoms with Crippen LogP contribution >= 0.6 is 24.0 Å². The Hall–Kier alpha value is -1.49. The molecule has 29 heavy (non-hydrogen) atoms. The standard InChI is InChI=1S/C20H28F2N4O2.HI/c1-2-23-20(24-6-5-15-12-16(21)14-17(22)13-15)26-9-7-25(8-10-26)19(27)18-4-3-11-28-18;/h12-14,18H,2-11H2,1H3,(H,23,24);1H. The molecule has 1 unspecified atom stereocenters. The van der Waals surface area contributed by atoms with Crippen molar-refractivity contribution in [2.45, 2.75) is 32.3 Å². The van der Waals surface area contributed by atoms with E-state index in [-0.39, 0.29) is 36.0 Å². The van der Waals surface area contributed by atoms with Crippen LogP contribution in [0.1, 0.15) is 25.3 Å². The molecule has 0 spiro atoms. The molecule has 1 amide bonds. The Bertz CT molecular complexity index is 685. The van der Waals surface area contributed by atoms with Crippen LogP contribution in [0.15, 0.2) is 23.2 Å². The summed E-state index contributed by atoms with van der Waals surface area (Å²) in [5.41, 5.74) is 0.587. The fraction of sp³-hybridized carbons (Fsp3) is 0.600. The molecule has 2 saturated heterocycles. The van der Waals surface area contributed by atoms with Gasteiger partial charge < -0.3 is 19.9 Å². The second kappa shape index (κ2) is 11.6. The number of benzene rings is 1. The lowest BCUT2D eigenvalue weighted by Gasteiger charge is -2.37. The highest BCUT2D eigenvalue weighted by Gasteiger charge is 2.30. The third-order valence-electron chi connectivity index (χ3n) is 5.02. The first-order valence-electron chi connectivity index (χ1n) is 9.95. The molecule has 2 heterocycles. The first kappa shape index (κ1) is 23.8. The predicted octanol–water partition coefficient (Wildman–Crippen LogP) is 2.41. The molecule has 1 aromatic carbocycles. The monoisotopic (exact) mass is 522 g/mol. The Morgan fingerprint density at radius 1 is 1.17 bits per heavy atom. The number of ether oxygens (including phenoxy) is 1. The fourth-order valence-electron chi connectivity index (χ4n) is 3.59. The van der Waals surface area contributed by atoms with Crippen LogP contribution in [0, 0.1) is 11.6 Å². The predicted molar refractivity (Wildman–Crippen MR) is 119 cm³/mol. The van der Waals surface area contributed by atoms with Gasteiger partial charge in [0, 0.05) is 51.9 Å². The molecular formula is C20H29F2IN4O2. The van der Waals surface area contributed by atoms with Crippen LogP contribution < -0.4 is 5.32 Å². The van der Waals surface area contributed by atoms with Gasteiger partial charge in [-0.2, -0.15) is 0 Å². The molecule has 0 radical (unpaired) electrons. The molecule has 2 aliphatic rings. The number of halogens is 3. The van der Waals surface area contributed by atoms with Gasteiger partial charge in [0.25, 0.3) is 5.91 Å². The van der Waals surface area contributed by atoms with Gasteiger partial charge in [-0.1, -0.05) is 0 Å². The highest BCUT2D eigenvalue weighted by molar-refractivity contribution is 14.0. The zero-order valence-electron chi connectivity index (χ0n) is 16.7. The summed E-state index contributed by atoms with van der Waals surface area (Å²) < 4.78 is 32.1. The zero-order valence-corrected chi connectivity index (χ0v) is 19.0. The van der Waals surface area contributed by atoms with Crippen molar-refractivity contribution in [2.24, 2.45) is 4.99 Å². The first-order valence-corrected chi connectivity index (χ1v) is 9.95. The topological polar surface area (TPSA) is 57.2 Å². The number of hydrogen-bond donors (Lipinski definition) is 1. The maximum absolute atomic E-state index is 13.3. The maximum Gasteiger partial charge on any atom is 0.251 e. The average Bonchev–Trinajstić information content (AvgIpc) is 3.21. The van der Waals surface area contributed by atoms with Gasteiger partial charge in [0.1, 0.15) is 17.7 Å². The van der Waals surface area contributed by atoms with Crippen molar-refractivity contribution in [1.82, 2.24) is 15.1 Å². The molecule has 1 N–H and O–H groups in total. The van der Waals surface area contributed by atoms with Crippen LogP contribution in [0.25, 0.3) is 0 Å². The van der Waals surface area contributed by atoms with Crippen molar-refractivity contribution in [1.29, 1.82) is 0 Å². The van der Waals surface area contributed by atoms with E-state index < -0.39 is 11.6 Å². The smallest absolute Gasteiger partial charge is 0.251 e. The molecule has 3 rings (SSSR count). The lowest BCUT2D eigenvalue weighted by Crippen LogP contribution is -2.55. The van der Waals surface area contributed by atoms with E-state index in [1.807, 2.05) is 11.8 Å². The van der Waals surface area contributed by atoms with Crippen LogP contribution in [-0.4, -0.2) is 73.6 Å². The molecule has 0 aliphatic carbocycles. The van der Waals surface area contributed by atoms with Gasteiger partial charge in [-0.15, -0.1) is 24.0 Å². The van der Waals surface area contributed by atoms with Gasteiger partial charge in [0.2, 0.25) is 0 Å². The van der Waals surface area contributed by atoms with E-state index in [4.69, 9.17) is 4.74 Å². The van der Waals surface area contributed by atoms with Crippen molar-refractivity contribution in [3.63, 3.8) is 0 Å². The van der Waals surface area contributed by atoms with Gasteiger partial charge in [-0.05, 0) is 43.9 Å². The van der Waals surface area contributed by atoms with E-state index in [9.17, 15) is 13.6 Å². The highest BCUT2D eigenvalue weighted by Crippen LogP contribution is 2.16. The number of aliphatic imine (C=N–C) groups is 1. The molecule has 1 atom stereocenters. The van der Waals surface area contributed by atoms with E-state index >= 15 is 0 Å². The van der Waals surface area contributed by atoms with Gasteiger partial charge >= 0.3 is 0 Å². The lowest BCUT2D eigenvalue weighted by atomic mass is 10.1. The summed E-state index contributed by atoms with van der Waals surface area (Å²) in [6, 6.07) is 3.54. The third kappa shape index (κ3) is 6.77. The first-order chi connectivity index (χ1) is 13.6. The molecule has 6 nitrogen and oxygen atoms in total. The summed E-state index contributed by atoms with van der Waals surface area (Å²) in [4.78, 5) is 21.0. The Labute approximate surface area is 187 Å². The number of rotatable bonds is 5. The average molecular weight is 522 g/mol. The summed E-state index contributed by atoms with van der Waals surface area (Å²) in [7, 11) is 0. The van der Waals surface area contributed by atoms with Crippen molar-refractivity contribution < 1.29 is 18.3 Å². The minimum absolute atomic E-state index is 0. The summed E-state index contributed by atoms with van der Waals surface area (Å²) in [5.74, 6) is -0.286. The molecule has 2 fully saturated rings. The Balaban J connectivity index is 0.00000300. The number of carbonyl (C=O) groups excluding carboxylic acids is 1. The molecule has 0 bridgehead atoms. The minimum Gasteiger partial charge on any atom is -0.368 e.